The van der Waals surface area contributed by atoms with Crippen LogP contribution in [0.15, 0.2) is 28.2 Å². The molecule has 0 atom stereocenters. The minimum Gasteiger partial charge on any atom is -0.298 e. The molecule has 0 unspecified atom stereocenters. The Balaban J connectivity index is 2.19. The van der Waals surface area contributed by atoms with E-state index in [1.54, 1.807) is 17.1 Å². The van der Waals surface area contributed by atoms with Gasteiger partial charge in [0.2, 0.25) is 0 Å². The molecule has 0 saturated carbocycles. The van der Waals surface area contributed by atoms with Crippen LogP contribution in [0.5, 0.6) is 0 Å². The van der Waals surface area contributed by atoms with E-state index in [4.69, 9.17) is 0 Å². The molecule has 0 saturated heterocycles. The number of nitrogens with one attached hydrogen (secondary N) is 1. The third-order valence-corrected chi connectivity index (χ3v) is 2.80. The molecule has 0 aliphatic rings. The molecular formula is C12H16N4O2. The largest absolute Gasteiger partial charge is 0.328 e. The molecule has 6 heteroatoms. The van der Waals surface area contributed by atoms with Gasteiger partial charge in [0.25, 0.3) is 5.56 Å². The predicted molar refractivity (Wildman–Crippen MR) is 67.7 cm³/mol. The van der Waals surface area contributed by atoms with Crippen LogP contribution in [0.4, 0.5) is 0 Å². The minimum atomic E-state index is -0.374. The molecule has 18 heavy (non-hydrogen) atoms. The highest BCUT2D eigenvalue weighted by atomic mass is 16.2. The van der Waals surface area contributed by atoms with Gasteiger partial charge in [0.15, 0.2) is 0 Å². The molecular weight excluding hydrogens is 232 g/mol. The number of nitrogens with zero attached hydrogens (tertiary/aromatic N) is 3. The van der Waals surface area contributed by atoms with E-state index >= 15 is 0 Å². The molecule has 0 aliphatic heterocycles. The Kier molecular flexibility index (Phi) is 3.45. The molecule has 0 radical (unpaired) electrons. The van der Waals surface area contributed by atoms with Crippen LogP contribution in [-0.2, 0) is 19.5 Å². The van der Waals surface area contributed by atoms with Crippen molar-refractivity contribution in [2.75, 3.05) is 0 Å². The lowest BCUT2D eigenvalue weighted by atomic mass is 10.3. The summed E-state index contributed by atoms with van der Waals surface area (Å²) in [5.41, 5.74) is 1.03. The molecule has 1 N–H and O–H groups in total. The number of hydrogen-bond acceptors (Lipinski definition) is 3. The van der Waals surface area contributed by atoms with Crippen molar-refractivity contribution in [2.24, 2.45) is 0 Å². The van der Waals surface area contributed by atoms with E-state index in [9.17, 15) is 9.59 Å². The van der Waals surface area contributed by atoms with Gasteiger partial charge in [0, 0.05) is 24.5 Å². The summed E-state index contributed by atoms with van der Waals surface area (Å²) >= 11 is 0. The quantitative estimate of drug-likeness (QED) is 0.846. The highest BCUT2D eigenvalue weighted by molar-refractivity contribution is 5.04. The smallest absolute Gasteiger partial charge is 0.298 e. The number of rotatable bonds is 4. The predicted octanol–water partition coefficient (Wildman–Crippen LogP) is 0.304. The summed E-state index contributed by atoms with van der Waals surface area (Å²) in [5, 5.41) is 4.15. The van der Waals surface area contributed by atoms with E-state index in [1.165, 1.54) is 4.57 Å². The zero-order chi connectivity index (χ0) is 13.1. The topological polar surface area (TPSA) is 72.7 Å². The number of H-pyrrole nitrogens is 1. The summed E-state index contributed by atoms with van der Waals surface area (Å²) < 4.78 is 3.29. The molecule has 0 aliphatic carbocycles. The molecule has 0 fully saturated rings. The first kappa shape index (κ1) is 12.3. The van der Waals surface area contributed by atoms with Gasteiger partial charge in [-0.1, -0.05) is 6.92 Å². The van der Waals surface area contributed by atoms with Crippen molar-refractivity contribution in [3.05, 3.63) is 50.6 Å². The van der Waals surface area contributed by atoms with Gasteiger partial charge in [-0.2, -0.15) is 5.10 Å². The lowest BCUT2D eigenvalue weighted by Crippen LogP contribution is -2.32. The van der Waals surface area contributed by atoms with Crippen LogP contribution in [0.3, 0.4) is 0 Å². The number of aryl methyl sites for hydroxylation is 4. The lowest BCUT2D eigenvalue weighted by Gasteiger charge is -2.06. The van der Waals surface area contributed by atoms with Gasteiger partial charge in [-0.05, 0) is 18.9 Å². The minimum absolute atomic E-state index is 0.298. The maximum atomic E-state index is 11.6. The second kappa shape index (κ2) is 5.03. The average molecular weight is 248 g/mol. The second-order valence-electron chi connectivity index (χ2n) is 4.24. The fourth-order valence-electron chi connectivity index (χ4n) is 1.77. The number of hydrogen-bond donors (Lipinski definition) is 1. The lowest BCUT2D eigenvalue weighted by molar-refractivity contribution is 0.513. The zero-order valence-corrected chi connectivity index (χ0v) is 10.5. The normalized spacial score (nSPS) is 10.8. The van der Waals surface area contributed by atoms with Crippen LogP contribution in [0, 0.1) is 6.92 Å². The highest BCUT2D eigenvalue weighted by Gasteiger charge is 2.03. The third-order valence-electron chi connectivity index (χ3n) is 2.80. The van der Waals surface area contributed by atoms with Crippen LogP contribution < -0.4 is 11.2 Å². The zero-order valence-electron chi connectivity index (χ0n) is 10.5. The van der Waals surface area contributed by atoms with Gasteiger partial charge in [-0.25, -0.2) is 4.79 Å². The fourth-order valence-corrected chi connectivity index (χ4v) is 1.77. The summed E-state index contributed by atoms with van der Waals surface area (Å²) in [6, 6.07) is 0. The Morgan fingerprint density at radius 1 is 1.28 bits per heavy atom. The second-order valence-corrected chi connectivity index (χ2v) is 4.24. The molecule has 0 aromatic carbocycles. The Labute approximate surface area is 104 Å². The SMILES string of the molecule is CCc1cn(CCn2cc(C)cn2)c(=O)[nH]c1=O. The standard InChI is InChI=1S/C12H16N4O2/c1-3-10-8-15(12(18)14-11(10)17)4-5-16-7-9(2)6-13-16/h6-8H,3-5H2,1-2H3,(H,14,17,18). The van der Waals surface area contributed by atoms with Gasteiger partial charge >= 0.3 is 5.69 Å². The van der Waals surface area contributed by atoms with Crippen molar-refractivity contribution >= 4 is 0 Å². The van der Waals surface area contributed by atoms with Crippen LogP contribution in [-0.4, -0.2) is 19.3 Å². The van der Waals surface area contributed by atoms with Gasteiger partial charge in [-0.15, -0.1) is 0 Å². The van der Waals surface area contributed by atoms with E-state index in [0.29, 0.717) is 25.1 Å². The first-order chi connectivity index (χ1) is 8.60. The Bertz CT molecular complexity index is 651. The summed E-state index contributed by atoms with van der Waals surface area (Å²) in [4.78, 5) is 25.3. The first-order valence-corrected chi connectivity index (χ1v) is 5.92. The van der Waals surface area contributed by atoms with Gasteiger partial charge in [-0.3, -0.25) is 19.0 Å². The van der Waals surface area contributed by atoms with Crippen molar-refractivity contribution in [1.82, 2.24) is 19.3 Å². The average Bonchev–Trinajstić information content (AvgIpc) is 2.74. The third kappa shape index (κ3) is 2.58. The summed E-state index contributed by atoms with van der Waals surface area (Å²) in [5.74, 6) is 0. The van der Waals surface area contributed by atoms with Crippen LogP contribution in [0.2, 0.25) is 0 Å². The Hall–Kier alpha value is -2.11. The number of aromatic amines is 1. The Morgan fingerprint density at radius 3 is 2.67 bits per heavy atom. The molecule has 2 aromatic heterocycles. The molecule has 2 aromatic rings. The van der Waals surface area contributed by atoms with E-state index in [1.807, 2.05) is 20.0 Å². The van der Waals surface area contributed by atoms with Gasteiger partial charge < -0.3 is 0 Å². The first-order valence-electron chi connectivity index (χ1n) is 5.92. The Morgan fingerprint density at radius 2 is 2.06 bits per heavy atom. The molecule has 96 valence electrons. The van der Waals surface area contributed by atoms with Gasteiger partial charge in [0.1, 0.15) is 0 Å². The van der Waals surface area contributed by atoms with Gasteiger partial charge in [0.05, 0.1) is 12.7 Å². The summed E-state index contributed by atoms with van der Waals surface area (Å²) in [6.45, 7) is 4.94. The maximum absolute atomic E-state index is 11.6. The van der Waals surface area contributed by atoms with Crippen molar-refractivity contribution < 1.29 is 0 Å². The van der Waals surface area contributed by atoms with Crippen LogP contribution in [0.25, 0.3) is 0 Å². The van der Waals surface area contributed by atoms with Crippen molar-refractivity contribution in [2.45, 2.75) is 33.4 Å². The monoisotopic (exact) mass is 248 g/mol. The molecule has 2 heterocycles. The van der Waals surface area contributed by atoms with E-state index in [0.717, 1.165) is 5.56 Å². The van der Waals surface area contributed by atoms with E-state index < -0.39 is 0 Å². The molecule has 2 rings (SSSR count). The summed E-state index contributed by atoms with van der Waals surface area (Å²) in [6.07, 6.45) is 5.92. The molecule has 0 amide bonds. The highest BCUT2D eigenvalue weighted by Crippen LogP contribution is 1.95. The van der Waals surface area contributed by atoms with E-state index in [-0.39, 0.29) is 11.2 Å². The van der Waals surface area contributed by atoms with E-state index in [2.05, 4.69) is 10.1 Å². The molecule has 0 bridgehead atoms. The van der Waals surface area contributed by atoms with Crippen LogP contribution in [0.1, 0.15) is 18.1 Å². The van der Waals surface area contributed by atoms with Crippen LogP contribution >= 0.6 is 0 Å². The fraction of sp³-hybridized carbons (Fsp3) is 0.417. The van der Waals surface area contributed by atoms with Crippen molar-refractivity contribution in [1.29, 1.82) is 0 Å². The van der Waals surface area contributed by atoms with Crippen molar-refractivity contribution in [3.8, 4) is 0 Å². The molecule has 6 nitrogen and oxygen atoms in total. The number of aromatic nitrogens is 4. The van der Waals surface area contributed by atoms with Crippen molar-refractivity contribution in [3.63, 3.8) is 0 Å². The molecule has 0 spiro atoms. The summed E-state index contributed by atoms with van der Waals surface area (Å²) in [7, 11) is 0. The maximum Gasteiger partial charge on any atom is 0.328 e.